The van der Waals surface area contributed by atoms with Gasteiger partial charge in [-0.1, -0.05) is 24.3 Å². The van der Waals surface area contributed by atoms with Crippen LogP contribution in [0.25, 0.3) is 0 Å². The lowest BCUT2D eigenvalue weighted by Crippen LogP contribution is -2.46. The molecule has 0 saturated heterocycles. The summed E-state index contributed by atoms with van der Waals surface area (Å²) in [5.74, 6) is 0.0815. The Kier molecular flexibility index (Phi) is 4.59. The number of carbonyl (C=O) groups excluding carboxylic acids is 1. The lowest BCUT2D eigenvalue weighted by Gasteiger charge is -2.29. The number of hydrogen-bond acceptors (Lipinski definition) is 2. The van der Waals surface area contributed by atoms with Crippen LogP contribution in [0.15, 0.2) is 24.3 Å². The Morgan fingerprint density at radius 1 is 1.26 bits per heavy atom. The SMILES string of the molecule is CC(C)NC(=O)[C@@H](C)N[C@H]1CCCc2ccccc21. The van der Waals surface area contributed by atoms with Gasteiger partial charge in [-0.2, -0.15) is 0 Å². The van der Waals surface area contributed by atoms with E-state index in [0.717, 1.165) is 12.8 Å². The first-order valence-corrected chi connectivity index (χ1v) is 7.22. The van der Waals surface area contributed by atoms with Crippen molar-refractivity contribution in [2.45, 2.75) is 58.2 Å². The van der Waals surface area contributed by atoms with Crippen LogP contribution in [-0.4, -0.2) is 18.0 Å². The maximum Gasteiger partial charge on any atom is 0.237 e. The third-order valence-corrected chi connectivity index (χ3v) is 3.64. The molecule has 0 aliphatic heterocycles. The van der Waals surface area contributed by atoms with Crippen molar-refractivity contribution < 1.29 is 4.79 Å². The number of amides is 1. The first kappa shape index (κ1) is 14.1. The zero-order valence-corrected chi connectivity index (χ0v) is 12.1. The lowest BCUT2D eigenvalue weighted by atomic mass is 9.87. The van der Waals surface area contributed by atoms with Crippen molar-refractivity contribution in [2.75, 3.05) is 0 Å². The second kappa shape index (κ2) is 6.20. The van der Waals surface area contributed by atoms with Gasteiger partial charge in [-0.25, -0.2) is 0 Å². The Morgan fingerprint density at radius 2 is 2.00 bits per heavy atom. The molecule has 0 radical (unpaired) electrons. The molecule has 2 atom stereocenters. The van der Waals surface area contributed by atoms with Crippen LogP contribution in [0.1, 0.15) is 50.8 Å². The van der Waals surface area contributed by atoms with E-state index in [1.54, 1.807) is 0 Å². The molecule has 0 aromatic heterocycles. The van der Waals surface area contributed by atoms with Crippen molar-refractivity contribution >= 4 is 5.91 Å². The van der Waals surface area contributed by atoms with Crippen LogP contribution in [0.5, 0.6) is 0 Å². The molecule has 0 saturated carbocycles. The van der Waals surface area contributed by atoms with Gasteiger partial charge in [-0.15, -0.1) is 0 Å². The molecular formula is C16H24N2O. The van der Waals surface area contributed by atoms with E-state index < -0.39 is 0 Å². The predicted octanol–water partition coefficient (Wildman–Crippen LogP) is 2.57. The van der Waals surface area contributed by atoms with E-state index in [4.69, 9.17) is 0 Å². The molecule has 0 bridgehead atoms. The zero-order chi connectivity index (χ0) is 13.8. The third-order valence-electron chi connectivity index (χ3n) is 3.64. The minimum atomic E-state index is -0.154. The van der Waals surface area contributed by atoms with Crippen LogP contribution in [0, 0.1) is 0 Å². The summed E-state index contributed by atoms with van der Waals surface area (Å²) in [5, 5.41) is 6.42. The number of hydrogen-bond donors (Lipinski definition) is 2. The molecule has 3 heteroatoms. The Hall–Kier alpha value is -1.35. The van der Waals surface area contributed by atoms with Crippen LogP contribution in [0.4, 0.5) is 0 Å². The molecule has 0 heterocycles. The van der Waals surface area contributed by atoms with Crippen LogP contribution >= 0.6 is 0 Å². The number of carbonyl (C=O) groups is 1. The van der Waals surface area contributed by atoms with Gasteiger partial charge in [0.1, 0.15) is 0 Å². The highest BCUT2D eigenvalue weighted by molar-refractivity contribution is 5.81. The normalized spacial score (nSPS) is 19.9. The largest absolute Gasteiger partial charge is 0.353 e. The molecule has 2 N–H and O–H groups in total. The quantitative estimate of drug-likeness (QED) is 0.873. The summed E-state index contributed by atoms with van der Waals surface area (Å²) in [4.78, 5) is 12.0. The maximum absolute atomic E-state index is 12.0. The molecule has 104 valence electrons. The topological polar surface area (TPSA) is 41.1 Å². The molecule has 1 aliphatic rings. The van der Waals surface area contributed by atoms with Crippen molar-refractivity contribution in [1.82, 2.24) is 10.6 Å². The molecule has 0 unspecified atom stereocenters. The molecule has 3 nitrogen and oxygen atoms in total. The molecule has 19 heavy (non-hydrogen) atoms. The number of fused-ring (bicyclic) bond motifs is 1. The second-order valence-electron chi connectivity index (χ2n) is 5.70. The Morgan fingerprint density at radius 3 is 2.74 bits per heavy atom. The van der Waals surface area contributed by atoms with Crippen LogP contribution < -0.4 is 10.6 Å². The van der Waals surface area contributed by atoms with Crippen molar-refractivity contribution in [3.05, 3.63) is 35.4 Å². The number of rotatable bonds is 4. The van der Waals surface area contributed by atoms with E-state index in [-0.39, 0.29) is 18.0 Å². The predicted molar refractivity (Wildman–Crippen MR) is 78.0 cm³/mol. The van der Waals surface area contributed by atoms with Crippen molar-refractivity contribution in [2.24, 2.45) is 0 Å². The van der Waals surface area contributed by atoms with E-state index in [2.05, 4.69) is 34.9 Å². The van der Waals surface area contributed by atoms with Gasteiger partial charge >= 0.3 is 0 Å². The fourth-order valence-corrected chi connectivity index (χ4v) is 2.71. The van der Waals surface area contributed by atoms with Crippen molar-refractivity contribution in [3.63, 3.8) is 0 Å². The van der Waals surface area contributed by atoms with Gasteiger partial charge in [0.15, 0.2) is 0 Å². The zero-order valence-electron chi connectivity index (χ0n) is 12.1. The first-order valence-electron chi connectivity index (χ1n) is 7.22. The summed E-state index contributed by atoms with van der Waals surface area (Å²) in [5.41, 5.74) is 2.78. The summed E-state index contributed by atoms with van der Waals surface area (Å²) in [6.07, 6.45) is 3.45. The molecular weight excluding hydrogens is 236 g/mol. The van der Waals surface area contributed by atoms with Gasteiger partial charge in [0.2, 0.25) is 5.91 Å². The van der Waals surface area contributed by atoms with Gasteiger partial charge < -0.3 is 5.32 Å². The lowest BCUT2D eigenvalue weighted by molar-refractivity contribution is -0.123. The Bertz CT molecular complexity index is 442. The van der Waals surface area contributed by atoms with Crippen molar-refractivity contribution in [3.8, 4) is 0 Å². The summed E-state index contributed by atoms with van der Waals surface area (Å²) in [7, 11) is 0. The Labute approximate surface area is 115 Å². The molecule has 1 amide bonds. The van der Waals surface area contributed by atoms with Gasteiger partial charge in [0.05, 0.1) is 6.04 Å². The van der Waals surface area contributed by atoms with Gasteiger partial charge in [0, 0.05) is 12.1 Å². The number of benzene rings is 1. The summed E-state index contributed by atoms with van der Waals surface area (Å²) in [6, 6.07) is 8.89. The Balaban J connectivity index is 2.02. The number of nitrogens with one attached hydrogen (secondary N) is 2. The van der Waals surface area contributed by atoms with Crippen LogP contribution in [0.3, 0.4) is 0 Å². The average molecular weight is 260 g/mol. The van der Waals surface area contributed by atoms with Crippen LogP contribution in [-0.2, 0) is 11.2 Å². The molecule has 1 aromatic rings. The molecule has 0 spiro atoms. The first-order chi connectivity index (χ1) is 9.08. The summed E-state index contributed by atoms with van der Waals surface area (Å²) in [6.45, 7) is 5.91. The highest BCUT2D eigenvalue weighted by Crippen LogP contribution is 2.29. The average Bonchev–Trinajstić information content (AvgIpc) is 2.38. The van der Waals surface area contributed by atoms with E-state index >= 15 is 0 Å². The van der Waals surface area contributed by atoms with Crippen molar-refractivity contribution in [1.29, 1.82) is 0 Å². The minimum absolute atomic E-state index is 0.0815. The fourth-order valence-electron chi connectivity index (χ4n) is 2.71. The van der Waals surface area contributed by atoms with Gasteiger partial charge in [0.25, 0.3) is 0 Å². The van der Waals surface area contributed by atoms with Gasteiger partial charge in [-0.05, 0) is 51.2 Å². The summed E-state index contributed by atoms with van der Waals surface area (Å²) >= 11 is 0. The van der Waals surface area contributed by atoms with E-state index in [1.807, 2.05) is 20.8 Å². The van der Waals surface area contributed by atoms with E-state index in [1.165, 1.54) is 17.5 Å². The molecule has 1 aliphatic carbocycles. The van der Waals surface area contributed by atoms with Crippen LogP contribution in [0.2, 0.25) is 0 Å². The highest BCUT2D eigenvalue weighted by atomic mass is 16.2. The smallest absolute Gasteiger partial charge is 0.237 e. The highest BCUT2D eigenvalue weighted by Gasteiger charge is 2.23. The third kappa shape index (κ3) is 3.57. The second-order valence-corrected chi connectivity index (χ2v) is 5.70. The van der Waals surface area contributed by atoms with E-state index in [9.17, 15) is 4.79 Å². The van der Waals surface area contributed by atoms with Gasteiger partial charge in [-0.3, -0.25) is 10.1 Å². The molecule has 0 fully saturated rings. The minimum Gasteiger partial charge on any atom is -0.353 e. The standard InChI is InChI=1S/C16H24N2O/c1-11(2)17-16(19)12(3)18-15-10-6-8-13-7-4-5-9-14(13)15/h4-5,7,9,11-12,15,18H,6,8,10H2,1-3H3,(H,17,19)/t12-,15+/m1/s1. The number of aryl methyl sites for hydroxylation is 1. The van der Waals surface area contributed by atoms with E-state index in [0.29, 0.717) is 6.04 Å². The fraction of sp³-hybridized carbons (Fsp3) is 0.562. The molecule has 1 aromatic carbocycles. The maximum atomic E-state index is 12.0. The molecule has 2 rings (SSSR count). The summed E-state index contributed by atoms with van der Waals surface area (Å²) < 4.78 is 0. The monoisotopic (exact) mass is 260 g/mol.